The van der Waals surface area contributed by atoms with Crippen molar-refractivity contribution < 1.29 is 0 Å². The van der Waals surface area contributed by atoms with Gasteiger partial charge in [0.1, 0.15) is 0 Å². The molecular formula is C11H16N2. The Balaban J connectivity index is 3.81. The van der Waals surface area contributed by atoms with Crippen LogP contribution < -0.4 is 5.32 Å². The fourth-order valence-electron chi connectivity index (χ4n) is 0.531. The van der Waals surface area contributed by atoms with Crippen molar-refractivity contribution in [2.24, 2.45) is 4.99 Å². The molecule has 2 heteroatoms. The number of rotatable bonds is 6. The van der Waals surface area contributed by atoms with Crippen molar-refractivity contribution in [1.29, 1.82) is 0 Å². The molecule has 0 bridgehead atoms. The first kappa shape index (κ1) is 11.4. The highest BCUT2D eigenvalue weighted by molar-refractivity contribution is 5.58. The molecule has 0 aromatic rings. The molecule has 0 aliphatic carbocycles. The number of nitrogens with one attached hydrogen (secondary N) is 1. The Labute approximate surface area is 80.1 Å². The van der Waals surface area contributed by atoms with Crippen molar-refractivity contribution in [3.8, 4) is 0 Å². The van der Waals surface area contributed by atoms with Crippen LogP contribution in [0.15, 0.2) is 54.7 Å². The third-order valence-corrected chi connectivity index (χ3v) is 1.33. The zero-order valence-electron chi connectivity index (χ0n) is 8.03. The molecule has 0 fully saturated rings. The van der Waals surface area contributed by atoms with Crippen molar-refractivity contribution in [3.05, 3.63) is 49.7 Å². The number of aliphatic imine (C=N–C) groups is 1. The second-order valence-electron chi connectivity index (χ2n) is 2.52. The van der Waals surface area contributed by atoms with Gasteiger partial charge in [0.15, 0.2) is 0 Å². The molecule has 0 aromatic heterocycles. The zero-order chi connectivity index (χ0) is 10.1. The van der Waals surface area contributed by atoms with E-state index in [1.807, 2.05) is 13.0 Å². The van der Waals surface area contributed by atoms with E-state index in [4.69, 9.17) is 0 Å². The molecule has 2 nitrogen and oxygen atoms in total. The summed E-state index contributed by atoms with van der Waals surface area (Å²) in [5, 5.41) is 2.91. The van der Waals surface area contributed by atoms with Gasteiger partial charge in [-0.3, -0.25) is 4.99 Å². The van der Waals surface area contributed by atoms with Crippen LogP contribution in [0, 0.1) is 0 Å². The van der Waals surface area contributed by atoms with Gasteiger partial charge in [-0.2, -0.15) is 0 Å². The Bertz CT molecular complexity index is 236. The fourth-order valence-corrected chi connectivity index (χ4v) is 0.531. The molecule has 1 atom stereocenters. The minimum absolute atomic E-state index is 0.128. The summed E-state index contributed by atoms with van der Waals surface area (Å²) < 4.78 is 0. The standard InChI is InChI=1S/C11H16N2/c1-5-7-8-11(4)13-9-12-10(3)6-2/h5-10H,1-2,4H2,3H3,(H,12,13)/b8-7-. The Hall–Kier alpha value is -1.57. The van der Waals surface area contributed by atoms with E-state index < -0.39 is 0 Å². The summed E-state index contributed by atoms with van der Waals surface area (Å²) in [7, 11) is 0. The van der Waals surface area contributed by atoms with Gasteiger partial charge in [0, 0.05) is 5.70 Å². The Morgan fingerprint density at radius 2 is 2.15 bits per heavy atom. The number of allylic oxidation sites excluding steroid dienone is 3. The van der Waals surface area contributed by atoms with Crippen molar-refractivity contribution >= 4 is 6.34 Å². The molecular weight excluding hydrogens is 160 g/mol. The average Bonchev–Trinajstić information content (AvgIpc) is 2.14. The fraction of sp³-hybridized carbons (Fsp3) is 0.182. The highest BCUT2D eigenvalue weighted by atomic mass is 14.9. The summed E-state index contributed by atoms with van der Waals surface area (Å²) >= 11 is 0. The molecule has 0 radical (unpaired) electrons. The van der Waals surface area contributed by atoms with Crippen LogP contribution in [0.4, 0.5) is 0 Å². The lowest BCUT2D eigenvalue weighted by atomic mass is 10.4. The van der Waals surface area contributed by atoms with E-state index in [1.54, 1.807) is 24.6 Å². The summed E-state index contributed by atoms with van der Waals surface area (Å²) in [5.74, 6) is 0. The molecule has 0 saturated carbocycles. The van der Waals surface area contributed by atoms with Crippen LogP contribution in [-0.2, 0) is 0 Å². The van der Waals surface area contributed by atoms with E-state index in [9.17, 15) is 0 Å². The summed E-state index contributed by atoms with van der Waals surface area (Å²) in [5.41, 5.74) is 0.778. The third-order valence-electron chi connectivity index (χ3n) is 1.33. The van der Waals surface area contributed by atoms with Crippen molar-refractivity contribution in [2.45, 2.75) is 13.0 Å². The van der Waals surface area contributed by atoms with Gasteiger partial charge in [0.25, 0.3) is 0 Å². The highest BCUT2D eigenvalue weighted by Crippen LogP contribution is 1.88. The predicted molar refractivity (Wildman–Crippen MR) is 59.8 cm³/mol. The Morgan fingerprint density at radius 1 is 1.46 bits per heavy atom. The van der Waals surface area contributed by atoms with Crippen molar-refractivity contribution in [2.75, 3.05) is 0 Å². The molecule has 70 valence electrons. The van der Waals surface area contributed by atoms with Crippen LogP contribution in [0.25, 0.3) is 0 Å². The Morgan fingerprint density at radius 3 is 2.69 bits per heavy atom. The minimum Gasteiger partial charge on any atom is -0.347 e. The predicted octanol–water partition coefficient (Wildman–Crippen LogP) is 2.43. The van der Waals surface area contributed by atoms with Crippen LogP contribution in [-0.4, -0.2) is 12.4 Å². The zero-order valence-corrected chi connectivity index (χ0v) is 8.03. The molecule has 0 aliphatic heterocycles. The van der Waals surface area contributed by atoms with Gasteiger partial charge >= 0.3 is 0 Å². The molecule has 0 aliphatic rings. The topological polar surface area (TPSA) is 24.4 Å². The van der Waals surface area contributed by atoms with E-state index in [0.29, 0.717) is 0 Å². The molecule has 0 aromatic carbocycles. The number of hydrogen-bond acceptors (Lipinski definition) is 1. The van der Waals surface area contributed by atoms with Gasteiger partial charge in [-0.1, -0.05) is 31.4 Å². The normalized spacial score (nSPS) is 13.0. The number of nitrogens with zero attached hydrogens (tertiary/aromatic N) is 1. The first-order valence-corrected chi connectivity index (χ1v) is 4.09. The smallest absolute Gasteiger partial charge is 0.0874 e. The lowest BCUT2D eigenvalue weighted by molar-refractivity contribution is 0.925. The van der Waals surface area contributed by atoms with Gasteiger partial charge in [0.05, 0.1) is 12.4 Å². The summed E-state index contributed by atoms with van der Waals surface area (Å²) in [6.45, 7) is 12.9. The lowest BCUT2D eigenvalue weighted by Gasteiger charge is -1.99. The molecule has 0 spiro atoms. The molecule has 0 saturated heterocycles. The first-order valence-electron chi connectivity index (χ1n) is 4.09. The van der Waals surface area contributed by atoms with Crippen molar-refractivity contribution in [1.82, 2.24) is 5.32 Å². The largest absolute Gasteiger partial charge is 0.347 e. The molecule has 1 N–H and O–H groups in total. The quantitative estimate of drug-likeness (QED) is 0.286. The second-order valence-corrected chi connectivity index (χ2v) is 2.52. The minimum atomic E-state index is 0.128. The average molecular weight is 176 g/mol. The number of hydrogen-bond donors (Lipinski definition) is 1. The second kappa shape index (κ2) is 7.10. The summed E-state index contributed by atoms with van der Waals surface area (Å²) in [6, 6.07) is 0.128. The van der Waals surface area contributed by atoms with E-state index >= 15 is 0 Å². The maximum absolute atomic E-state index is 4.12. The van der Waals surface area contributed by atoms with Gasteiger partial charge in [-0.05, 0) is 13.0 Å². The Kier molecular flexibility index (Phi) is 6.24. The van der Waals surface area contributed by atoms with E-state index in [-0.39, 0.29) is 6.04 Å². The van der Waals surface area contributed by atoms with Gasteiger partial charge in [-0.15, -0.1) is 6.58 Å². The van der Waals surface area contributed by atoms with Gasteiger partial charge < -0.3 is 5.32 Å². The van der Waals surface area contributed by atoms with Gasteiger partial charge in [-0.25, -0.2) is 0 Å². The highest BCUT2D eigenvalue weighted by Gasteiger charge is 1.86. The molecule has 0 rings (SSSR count). The molecule has 0 amide bonds. The molecule has 0 heterocycles. The van der Waals surface area contributed by atoms with Gasteiger partial charge in [0.2, 0.25) is 0 Å². The van der Waals surface area contributed by atoms with Crippen molar-refractivity contribution in [3.63, 3.8) is 0 Å². The lowest BCUT2D eigenvalue weighted by Crippen LogP contribution is -2.09. The van der Waals surface area contributed by atoms with Crippen LogP contribution in [0.1, 0.15) is 6.92 Å². The monoisotopic (exact) mass is 176 g/mol. The maximum Gasteiger partial charge on any atom is 0.0874 e. The van der Waals surface area contributed by atoms with E-state index in [1.165, 1.54) is 0 Å². The first-order chi connectivity index (χ1) is 6.20. The van der Waals surface area contributed by atoms with Crippen LogP contribution in [0.3, 0.4) is 0 Å². The summed E-state index contributed by atoms with van der Waals surface area (Å²) in [4.78, 5) is 4.12. The summed E-state index contributed by atoms with van der Waals surface area (Å²) in [6.07, 6.45) is 8.69. The van der Waals surface area contributed by atoms with Crippen LogP contribution in [0.5, 0.6) is 0 Å². The van der Waals surface area contributed by atoms with Crippen LogP contribution >= 0.6 is 0 Å². The maximum atomic E-state index is 4.12. The SMILES string of the molecule is C=C/C=C\C(=C)NC=NC(C)C=C. The molecule has 13 heavy (non-hydrogen) atoms. The molecule has 1 unspecified atom stereocenters. The van der Waals surface area contributed by atoms with E-state index in [0.717, 1.165) is 5.70 Å². The van der Waals surface area contributed by atoms with Crippen LogP contribution in [0.2, 0.25) is 0 Å². The third kappa shape index (κ3) is 6.81. The van der Waals surface area contributed by atoms with E-state index in [2.05, 4.69) is 30.0 Å².